The van der Waals surface area contributed by atoms with Crippen LogP contribution in [0.4, 0.5) is 5.69 Å². The Morgan fingerprint density at radius 1 is 1.32 bits per heavy atom. The third-order valence-electron chi connectivity index (χ3n) is 3.41. The second kappa shape index (κ2) is 9.89. The van der Waals surface area contributed by atoms with Crippen LogP contribution >= 0.6 is 11.6 Å². The Morgan fingerprint density at radius 2 is 1.96 bits per heavy atom. The first kappa shape index (κ1) is 23.9. The van der Waals surface area contributed by atoms with E-state index >= 15 is 0 Å². The summed E-state index contributed by atoms with van der Waals surface area (Å²) in [7, 11) is 2.05. The van der Waals surface area contributed by atoms with Crippen LogP contribution in [0.5, 0.6) is 0 Å². The first-order valence-electron chi connectivity index (χ1n) is 8.12. The number of nitrogens with two attached hydrogens (primary N) is 1. The van der Waals surface area contributed by atoms with E-state index in [0.717, 1.165) is 17.1 Å². The number of carbonyl (C=O) groups is 1. The van der Waals surface area contributed by atoms with Gasteiger partial charge in [-0.15, -0.1) is 0 Å². The van der Waals surface area contributed by atoms with E-state index in [1.807, 2.05) is 0 Å². The number of halogens is 1. The van der Waals surface area contributed by atoms with Crippen LogP contribution in [0.15, 0.2) is 39.8 Å². The summed E-state index contributed by atoms with van der Waals surface area (Å²) in [6.07, 6.45) is 1.48. The van der Waals surface area contributed by atoms with Crippen molar-refractivity contribution in [3.8, 4) is 0 Å². The van der Waals surface area contributed by atoms with Crippen molar-refractivity contribution in [2.75, 3.05) is 39.6 Å². The second-order valence-corrected chi connectivity index (χ2v) is 8.79. The van der Waals surface area contributed by atoms with Crippen molar-refractivity contribution in [1.29, 1.82) is 0 Å². The van der Waals surface area contributed by atoms with E-state index in [1.165, 1.54) is 12.3 Å². The number of likely N-dealkylation sites (N-methyl/N-ethyl adjacent to an activating group) is 1. The van der Waals surface area contributed by atoms with Gasteiger partial charge < -0.3 is 24.4 Å². The fraction of sp³-hybridized carbons (Fsp3) is 0.353. The molecule has 0 amide bonds. The van der Waals surface area contributed by atoms with Gasteiger partial charge in [-0.1, -0.05) is 11.6 Å². The number of anilines is 1. The first-order chi connectivity index (χ1) is 12.8. The molecule has 5 N–H and O–H groups in total. The molecule has 9 nitrogen and oxygen atoms in total. The number of hydrogen-bond donors (Lipinski definition) is 4. The van der Waals surface area contributed by atoms with Crippen molar-refractivity contribution in [2.45, 2.75) is 11.4 Å². The minimum absolute atomic E-state index is 0.163. The number of aromatic carboxylic acids is 1. The van der Waals surface area contributed by atoms with E-state index in [9.17, 15) is 13.2 Å². The minimum Gasteiger partial charge on any atom is -0.478 e. The van der Waals surface area contributed by atoms with Crippen LogP contribution < -0.4 is 10.5 Å². The van der Waals surface area contributed by atoms with Crippen molar-refractivity contribution < 1.29 is 32.3 Å². The molecule has 28 heavy (non-hydrogen) atoms. The summed E-state index contributed by atoms with van der Waals surface area (Å²) in [5.74, 6) is -0.725. The first-order valence-corrected chi connectivity index (χ1v) is 10.0. The Bertz CT molecular complexity index is 892. The maximum Gasteiger partial charge on any atom is 0.337 e. The van der Waals surface area contributed by atoms with Gasteiger partial charge in [0.2, 0.25) is 10.0 Å². The number of nitrogens with one attached hydrogen (secondary N) is 1. The molecule has 1 aromatic heterocycles. The summed E-state index contributed by atoms with van der Waals surface area (Å²) in [6.45, 7) is 1.34. The van der Waals surface area contributed by atoms with Gasteiger partial charge in [0.25, 0.3) is 0 Å². The fourth-order valence-corrected chi connectivity index (χ4v) is 3.09. The van der Waals surface area contributed by atoms with E-state index in [2.05, 4.69) is 26.5 Å². The molecule has 0 spiro atoms. The predicted molar refractivity (Wildman–Crippen MR) is 106 cm³/mol. The van der Waals surface area contributed by atoms with Crippen molar-refractivity contribution in [1.82, 2.24) is 0 Å². The Balaban J connectivity index is 0.000000480. The summed E-state index contributed by atoms with van der Waals surface area (Å²) >= 11 is 5.84. The van der Waals surface area contributed by atoms with Gasteiger partial charge in [0.05, 0.1) is 56.8 Å². The molecule has 1 heterocycles. The normalized spacial score (nSPS) is 11.5. The van der Waals surface area contributed by atoms with Gasteiger partial charge in [0.1, 0.15) is 17.2 Å². The maximum absolute atomic E-state index is 11.3. The van der Waals surface area contributed by atoms with Crippen LogP contribution in [0.1, 0.15) is 16.1 Å². The number of rotatable bonds is 7. The van der Waals surface area contributed by atoms with Crippen molar-refractivity contribution in [2.24, 2.45) is 5.14 Å². The molecule has 0 aliphatic heterocycles. The molecular formula is C17H25ClN3O6S+. The summed E-state index contributed by atoms with van der Waals surface area (Å²) < 4.78 is 28.6. The molecule has 1 aromatic carbocycles. The average molecular weight is 435 g/mol. The molecule has 0 saturated carbocycles. The van der Waals surface area contributed by atoms with E-state index in [-0.39, 0.29) is 29.4 Å². The lowest BCUT2D eigenvalue weighted by atomic mass is 10.1. The van der Waals surface area contributed by atoms with Crippen LogP contribution in [-0.2, 0) is 16.6 Å². The molecule has 0 aliphatic rings. The van der Waals surface area contributed by atoms with Gasteiger partial charge in [-0.3, -0.25) is 0 Å². The molecule has 0 bridgehead atoms. The lowest BCUT2D eigenvalue weighted by Gasteiger charge is -2.21. The smallest absolute Gasteiger partial charge is 0.337 e. The monoisotopic (exact) mass is 434 g/mol. The van der Waals surface area contributed by atoms with Crippen LogP contribution in [0.25, 0.3) is 0 Å². The van der Waals surface area contributed by atoms with E-state index < -0.39 is 20.9 Å². The van der Waals surface area contributed by atoms with Crippen LogP contribution in [0.2, 0.25) is 5.02 Å². The van der Waals surface area contributed by atoms with Gasteiger partial charge in [0, 0.05) is 0 Å². The Hall–Kier alpha value is -2.11. The number of benzene rings is 1. The fourth-order valence-electron chi connectivity index (χ4n) is 1.99. The lowest BCUT2D eigenvalue weighted by Crippen LogP contribution is -2.36. The zero-order chi connectivity index (χ0) is 21.5. The Morgan fingerprint density at radius 3 is 2.36 bits per heavy atom. The highest BCUT2D eigenvalue weighted by atomic mass is 35.5. The Labute approximate surface area is 169 Å². The summed E-state index contributed by atoms with van der Waals surface area (Å²) in [5.41, 5.74) is -0.0914. The van der Waals surface area contributed by atoms with Gasteiger partial charge in [-0.05, 0) is 24.3 Å². The summed E-state index contributed by atoms with van der Waals surface area (Å²) in [4.78, 5) is 10.8. The number of carboxylic acid groups (broad SMARTS) is 1. The highest BCUT2D eigenvalue weighted by Crippen LogP contribution is 2.28. The number of hydrogen-bond acceptors (Lipinski definition) is 6. The van der Waals surface area contributed by atoms with Gasteiger partial charge in [-0.2, -0.15) is 0 Å². The number of furan rings is 1. The largest absolute Gasteiger partial charge is 0.478 e. The lowest BCUT2D eigenvalue weighted by molar-refractivity contribution is -0.870. The van der Waals surface area contributed by atoms with Crippen LogP contribution in [0, 0.1) is 0 Å². The molecule has 0 fully saturated rings. The molecule has 2 aromatic rings. The summed E-state index contributed by atoms with van der Waals surface area (Å²) in [6, 6.07) is 5.51. The molecule has 2 rings (SSSR count). The highest BCUT2D eigenvalue weighted by Gasteiger charge is 2.20. The third-order valence-corrected chi connectivity index (χ3v) is 4.79. The second-order valence-electron chi connectivity index (χ2n) is 6.85. The topological polar surface area (TPSA) is 143 Å². The zero-order valence-electron chi connectivity index (χ0n) is 15.8. The molecule has 11 heteroatoms. The molecule has 0 aliphatic carbocycles. The van der Waals surface area contributed by atoms with E-state index in [0.29, 0.717) is 5.76 Å². The quantitative estimate of drug-likeness (QED) is 0.484. The third kappa shape index (κ3) is 7.87. The minimum atomic E-state index is -4.11. The summed E-state index contributed by atoms with van der Waals surface area (Å²) in [5, 5.41) is 25.2. The molecule has 0 radical (unpaired) electrons. The van der Waals surface area contributed by atoms with Crippen molar-refractivity contribution >= 4 is 33.3 Å². The zero-order valence-corrected chi connectivity index (χ0v) is 17.4. The number of nitrogens with zero attached hydrogens (tertiary/aromatic N) is 1. The van der Waals surface area contributed by atoms with Crippen molar-refractivity contribution in [3.63, 3.8) is 0 Å². The van der Waals surface area contributed by atoms with Crippen LogP contribution in [0.3, 0.4) is 0 Å². The number of aliphatic hydroxyl groups is 1. The predicted octanol–water partition coefficient (Wildman–Crippen LogP) is 1.58. The average Bonchev–Trinajstić information content (AvgIpc) is 3.04. The van der Waals surface area contributed by atoms with Gasteiger partial charge in [-0.25, -0.2) is 18.4 Å². The Kier molecular flexibility index (Phi) is 8.46. The van der Waals surface area contributed by atoms with E-state index in [4.69, 9.17) is 31.4 Å². The molecular weight excluding hydrogens is 410 g/mol. The molecule has 156 valence electrons. The maximum atomic E-state index is 11.3. The standard InChI is InChI=1S/C12H11ClN2O5S.C5H14NO/c13-9-5-10(15-6-7-2-1-3-20-7)8(12(16)17)4-11(9)21(14,18)19;1-6(2,3)4-5-7/h1-5,15H,6H2,(H,16,17)(H2,14,18,19);7H,4-5H2,1-3H3/q;+1. The van der Waals surface area contributed by atoms with Crippen LogP contribution in [-0.4, -0.2) is 63.4 Å². The highest BCUT2D eigenvalue weighted by molar-refractivity contribution is 7.89. The SMILES string of the molecule is C[N+](C)(C)CCO.NS(=O)(=O)c1cc(C(=O)O)c(NCc2ccco2)cc1Cl. The molecule has 0 atom stereocenters. The molecule has 0 saturated heterocycles. The van der Waals surface area contributed by atoms with E-state index in [1.54, 1.807) is 12.1 Å². The molecule has 0 unspecified atom stereocenters. The van der Waals surface area contributed by atoms with Crippen molar-refractivity contribution in [3.05, 3.63) is 46.9 Å². The number of aliphatic hydroxyl groups excluding tert-OH is 1. The van der Waals surface area contributed by atoms with Gasteiger partial charge >= 0.3 is 5.97 Å². The number of carboxylic acids is 1. The number of sulfonamides is 1. The number of primary sulfonamides is 1. The van der Waals surface area contributed by atoms with Gasteiger partial charge in [0.15, 0.2) is 0 Å². The number of quaternary nitrogens is 1.